The van der Waals surface area contributed by atoms with Gasteiger partial charge in [0.1, 0.15) is 11.9 Å². The average molecular weight is 802 g/mol. The van der Waals surface area contributed by atoms with Gasteiger partial charge < -0.3 is 18.3 Å². The molecule has 1 aromatic rings. The summed E-state index contributed by atoms with van der Waals surface area (Å²) < 4.78 is 26.8. The first-order valence-electron chi connectivity index (χ1n) is 20.0. The fraction of sp³-hybridized carbons (Fsp3) is 0.705. The second-order valence-electron chi connectivity index (χ2n) is 18.9. The van der Waals surface area contributed by atoms with Crippen molar-refractivity contribution in [3.8, 4) is 0 Å². The normalized spacial score (nSPS) is 27.6. The zero-order valence-corrected chi connectivity index (χ0v) is 39.5. The van der Waals surface area contributed by atoms with Gasteiger partial charge in [0.2, 0.25) is 0 Å². The maximum atomic E-state index is 15.3. The molecule has 6 atom stereocenters. The Morgan fingerprint density at radius 1 is 1.04 bits per heavy atom. The summed E-state index contributed by atoms with van der Waals surface area (Å²) in [6, 6.07) is 0. The zero-order chi connectivity index (χ0) is 41.3. The average Bonchev–Trinajstić information content (AvgIpc) is 3.46. The summed E-state index contributed by atoms with van der Waals surface area (Å²) in [5.74, 6) is -0.682. The third kappa shape index (κ3) is 13.3. The van der Waals surface area contributed by atoms with E-state index in [0.29, 0.717) is 26.1 Å². The highest BCUT2D eigenvalue weighted by Gasteiger charge is 2.51. The summed E-state index contributed by atoms with van der Waals surface area (Å²) in [6.45, 7) is 41.2. The summed E-state index contributed by atoms with van der Waals surface area (Å²) in [5, 5.41) is 2.80. The number of ether oxygens (including phenoxy) is 2. The van der Waals surface area contributed by atoms with Gasteiger partial charge in [-0.25, -0.2) is 4.98 Å². The van der Waals surface area contributed by atoms with Crippen LogP contribution >= 0.6 is 11.3 Å². The molecule has 0 saturated carbocycles. The third-order valence-electron chi connectivity index (χ3n) is 12.2. The zero-order valence-electron chi connectivity index (χ0n) is 36.6. The summed E-state index contributed by atoms with van der Waals surface area (Å²) in [7, 11) is -4.77. The molecule has 0 saturated heterocycles. The van der Waals surface area contributed by atoms with Gasteiger partial charge in [-0.3, -0.25) is 9.59 Å². The van der Waals surface area contributed by atoms with Gasteiger partial charge in [-0.05, 0) is 106 Å². The standard InChI is InChI=1S/C44H75NO6SSi2/c1-18-25-44(13)38(50-53(14,15)42(7,8)9)28-39(46)49-37(32(4)27-36-30-52-34(6)45-36)24-23-35(29-48-26-19-2)22-20-21-31(3)40(33(5)41(44)47)51-54(16,17)43(10,11)12/h18-19,23,27,30-31,33,37-38,40H,1-2,20-22,24-26,28-29H2,3-17H3/b32-27+,35-23+/t31-,33+,37-,38-,40-,44+/m0/s1. The van der Waals surface area contributed by atoms with Crippen LogP contribution in [0.4, 0.5) is 0 Å². The molecule has 0 fully saturated rings. The SMILES string of the molecule is C=CCOC/C1=C/C[C@@H](/C(C)=C/c2csc(C)n2)OC(=O)C[C@H](O[Si](C)(C)C(C)(C)C)[C@@](C)(CC=C)C(=O)[C@H](C)[C@@H](O[Si](C)(C)C(C)(C)C)[C@@H](C)CCC1. The van der Waals surface area contributed by atoms with Gasteiger partial charge in [0.05, 0.1) is 48.0 Å². The first kappa shape index (κ1) is 48.2. The van der Waals surface area contributed by atoms with Crippen LogP contribution in [0.3, 0.4) is 0 Å². The molecular weight excluding hydrogens is 727 g/mol. The Morgan fingerprint density at radius 3 is 2.19 bits per heavy atom. The van der Waals surface area contributed by atoms with Gasteiger partial charge >= 0.3 is 5.97 Å². The number of cyclic esters (lactones) is 1. The topological polar surface area (TPSA) is 84.0 Å². The lowest BCUT2D eigenvalue weighted by Crippen LogP contribution is -2.55. The van der Waals surface area contributed by atoms with Crippen LogP contribution in [0.2, 0.25) is 36.3 Å². The van der Waals surface area contributed by atoms with Crippen LogP contribution in [-0.4, -0.2) is 64.9 Å². The van der Waals surface area contributed by atoms with Crippen LogP contribution in [0, 0.1) is 24.2 Å². The molecule has 1 aliphatic heterocycles. The van der Waals surface area contributed by atoms with E-state index in [9.17, 15) is 4.79 Å². The predicted octanol–water partition coefficient (Wildman–Crippen LogP) is 12.1. The van der Waals surface area contributed by atoms with Gasteiger partial charge in [0, 0.05) is 17.7 Å². The highest BCUT2D eigenvalue weighted by atomic mass is 32.1. The van der Waals surface area contributed by atoms with Crippen LogP contribution in [-0.2, 0) is 27.9 Å². The van der Waals surface area contributed by atoms with Gasteiger partial charge in [-0.2, -0.15) is 0 Å². The maximum Gasteiger partial charge on any atom is 0.309 e. The van der Waals surface area contributed by atoms with Crippen LogP contribution < -0.4 is 0 Å². The fourth-order valence-electron chi connectivity index (χ4n) is 6.57. The van der Waals surface area contributed by atoms with E-state index < -0.39 is 46.1 Å². The van der Waals surface area contributed by atoms with Crippen molar-refractivity contribution >= 4 is 45.8 Å². The number of Topliss-reactive ketones (excluding diaryl/α,β-unsaturated/α-hetero) is 1. The van der Waals surface area contributed by atoms with Crippen LogP contribution in [0.25, 0.3) is 6.08 Å². The largest absolute Gasteiger partial charge is 0.457 e. The Bertz CT molecular complexity index is 1480. The van der Waals surface area contributed by atoms with Crippen molar-refractivity contribution in [1.29, 1.82) is 0 Å². The third-order valence-corrected chi connectivity index (χ3v) is 22.0. The lowest BCUT2D eigenvalue weighted by Gasteiger charge is -2.47. The maximum absolute atomic E-state index is 15.3. The fourth-order valence-corrected chi connectivity index (χ4v) is 10.0. The van der Waals surface area contributed by atoms with Gasteiger partial charge in [0.15, 0.2) is 16.6 Å². The molecule has 0 unspecified atom stereocenters. The van der Waals surface area contributed by atoms with E-state index in [0.717, 1.165) is 41.1 Å². The minimum absolute atomic E-state index is 0.0350. The highest BCUT2D eigenvalue weighted by Crippen LogP contribution is 2.45. The molecule has 0 aliphatic carbocycles. The Morgan fingerprint density at radius 2 is 1.65 bits per heavy atom. The van der Waals surface area contributed by atoms with E-state index in [1.165, 1.54) is 0 Å². The molecule has 0 spiro atoms. The van der Waals surface area contributed by atoms with Gasteiger partial charge in [-0.1, -0.05) is 73.6 Å². The van der Waals surface area contributed by atoms with Crippen molar-refractivity contribution in [1.82, 2.24) is 4.98 Å². The smallest absolute Gasteiger partial charge is 0.309 e. The number of ketones is 1. The molecule has 54 heavy (non-hydrogen) atoms. The number of allylic oxidation sites excluding steroid dienone is 1. The lowest BCUT2D eigenvalue weighted by atomic mass is 9.69. The quantitative estimate of drug-likeness (QED) is 0.0900. The Hall–Kier alpha value is -1.96. The first-order chi connectivity index (χ1) is 24.8. The summed E-state index contributed by atoms with van der Waals surface area (Å²) in [6.07, 6.45) is 9.61. The molecule has 306 valence electrons. The van der Waals surface area contributed by atoms with Crippen LogP contribution in [0.5, 0.6) is 0 Å². The second kappa shape index (κ2) is 20.0. The molecule has 0 amide bonds. The molecule has 0 bridgehead atoms. The van der Waals surface area contributed by atoms with Crippen molar-refractivity contribution < 1.29 is 27.9 Å². The number of aryl methyl sites for hydroxylation is 1. The van der Waals surface area contributed by atoms with Crippen LogP contribution in [0.1, 0.15) is 118 Å². The molecule has 2 rings (SSSR count). The number of hydrogen-bond acceptors (Lipinski definition) is 8. The minimum Gasteiger partial charge on any atom is -0.457 e. The number of aromatic nitrogens is 1. The molecule has 0 radical (unpaired) electrons. The Labute approximate surface area is 335 Å². The van der Waals surface area contributed by atoms with E-state index in [-0.39, 0.29) is 34.3 Å². The monoisotopic (exact) mass is 801 g/mol. The Kier molecular flexibility index (Phi) is 17.8. The number of esters is 1. The van der Waals surface area contributed by atoms with Crippen molar-refractivity contribution in [3.05, 3.63) is 58.6 Å². The number of nitrogens with zero attached hydrogens (tertiary/aromatic N) is 1. The first-order valence-corrected chi connectivity index (χ1v) is 26.7. The minimum atomic E-state index is -2.49. The van der Waals surface area contributed by atoms with Crippen molar-refractivity contribution in [2.24, 2.45) is 17.3 Å². The molecule has 10 heteroatoms. The molecule has 7 nitrogen and oxygen atoms in total. The van der Waals surface area contributed by atoms with Crippen molar-refractivity contribution in [3.63, 3.8) is 0 Å². The molecule has 2 heterocycles. The summed E-state index contributed by atoms with van der Waals surface area (Å²) in [5.41, 5.74) is 1.85. The highest BCUT2D eigenvalue weighted by molar-refractivity contribution is 7.09. The van der Waals surface area contributed by atoms with Gasteiger partial charge in [0.25, 0.3) is 0 Å². The number of rotatable bonds is 12. The van der Waals surface area contributed by atoms with E-state index >= 15 is 4.79 Å². The molecule has 0 aromatic carbocycles. The van der Waals surface area contributed by atoms with Crippen LogP contribution in [0.15, 0.2) is 47.9 Å². The number of carbonyl (C=O) groups is 2. The lowest BCUT2D eigenvalue weighted by molar-refractivity contribution is -0.154. The second-order valence-corrected chi connectivity index (χ2v) is 29.5. The predicted molar refractivity (Wildman–Crippen MR) is 233 cm³/mol. The van der Waals surface area contributed by atoms with E-state index in [2.05, 4.69) is 98.9 Å². The number of carbonyl (C=O) groups excluding carboxylic acids is 2. The van der Waals surface area contributed by atoms with Crippen molar-refractivity contribution in [2.75, 3.05) is 13.2 Å². The summed E-state index contributed by atoms with van der Waals surface area (Å²) >= 11 is 1.59. The van der Waals surface area contributed by atoms with Crippen molar-refractivity contribution in [2.45, 2.75) is 169 Å². The van der Waals surface area contributed by atoms with E-state index in [1.54, 1.807) is 23.5 Å². The summed E-state index contributed by atoms with van der Waals surface area (Å²) in [4.78, 5) is 34.3. The molecular formula is C44H75NO6SSi2. The Balaban J connectivity index is 2.82. The number of hydrogen-bond donors (Lipinski definition) is 0. The van der Waals surface area contributed by atoms with E-state index in [4.69, 9.17) is 18.3 Å². The molecule has 0 N–H and O–H groups in total. The number of thiazole rings is 1. The van der Waals surface area contributed by atoms with E-state index in [1.807, 2.05) is 39.2 Å². The molecule has 1 aromatic heterocycles. The van der Waals surface area contributed by atoms with Gasteiger partial charge in [-0.15, -0.1) is 24.5 Å². The molecule has 1 aliphatic rings.